The van der Waals surface area contributed by atoms with Crippen LogP contribution in [-0.4, -0.2) is 15.7 Å². The van der Waals surface area contributed by atoms with Crippen molar-refractivity contribution in [2.75, 3.05) is 10.0 Å². The van der Waals surface area contributed by atoms with E-state index in [1.807, 2.05) is 18.2 Å². The van der Waals surface area contributed by atoms with Gasteiger partial charge in [0.25, 0.3) is 5.91 Å². The molecule has 3 aromatic rings. The zero-order chi connectivity index (χ0) is 17.8. The Morgan fingerprint density at radius 2 is 1.96 bits per heavy atom. The molecule has 2 N–H and O–H groups in total. The third kappa shape index (κ3) is 4.69. The third-order valence-electron chi connectivity index (χ3n) is 3.26. The van der Waals surface area contributed by atoms with E-state index in [0.29, 0.717) is 21.4 Å². The number of aromatic nitrogens is 2. The lowest BCUT2D eigenvalue weighted by Crippen LogP contribution is -2.12. The number of halogens is 2. The summed E-state index contributed by atoms with van der Waals surface area (Å²) in [6.07, 6.45) is 1.77. The predicted molar refractivity (Wildman–Crippen MR) is 104 cm³/mol. The monoisotopic (exact) mass is 392 g/mol. The molecular weight excluding hydrogens is 379 g/mol. The number of carbonyl (C=O) groups is 1. The topological polar surface area (TPSA) is 59.0 Å². The molecule has 0 saturated carbocycles. The Labute approximate surface area is 159 Å². The van der Waals surface area contributed by atoms with Crippen LogP contribution in [0.4, 0.5) is 11.5 Å². The number of rotatable bonds is 5. The molecule has 1 heterocycles. The lowest BCUT2D eigenvalue weighted by atomic mass is 10.2. The second-order valence-electron chi connectivity index (χ2n) is 5.19. The van der Waals surface area contributed by atoms with Gasteiger partial charge in [0.15, 0.2) is 5.82 Å². The summed E-state index contributed by atoms with van der Waals surface area (Å²) in [7, 11) is 1.79. The quantitative estimate of drug-likeness (QED) is 0.593. The maximum absolute atomic E-state index is 12.3. The molecule has 0 aliphatic heterocycles. The van der Waals surface area contributed by atoms with Crippen molar-refractivity contribution in [1.29, 1.82) is 0 Å². The van der Waals surface area contributed by atoms with Crippen LogP contribution in [0.2, 0.25) is 10.0 Å². The Bertz CT molecular complexity index is 913. The van der Waals surface area contributed by atoms with E-state index in [4.69, 9.17) is 23.2 Å². The maximum Gasteiger partial charge on any atom is 0.256 e. The smallest absolute Gasteiger partial charge is 0.256 e. The molecule has 0 aliphatic rings. The van der Waals surface area contributed by atoms with Gasteiger partial charge in [-0.25, -0.2) is 0 Å². The average molecular weight is 393 g/mol. The number of benzene rings is 2. The Morgan fingerprint density at radius 3 is 2.68 bits per heavy atom. The second-order valence-corrected chi connectivity index (χ2v) is 6.88. The van der Waals surface area contributed by atoms with Gasteiger partial charge >= 0.3 is 0 Å². The fourth-order valence-corrected chi connectivity index (χ4v) is 3.09. The van der Waals surface area contributed by atoms with Crippen LogP contribution in [0.1, 0.15) is 10.4 Å². The molecule has 5 nitrogen and oxygen atoms in total. The van der Waals surface area contributed by atoms with Crippen molar-refractivity contribution in [3.63, 3.8) is 0 Å². The molecule has 8 heteroatoms. The van der Waals surface area contributed by atoms with E-state index in [9.17, 15) is 4.79 Å². The molecule has 0 aliphatic carbocycles. The second kappa shape index (κ2) is 7.82. The first-order valence-electron chi connectivity index (χ1n) is 7.30. The first-order valence-corrected chi connectivity index (χ1v) is 8.87. The van der Waals surface area contributed by atoms with Crippen molar-refractivity contribution >= 4 is 52.6 Å². The van der Waals surface area contributed by atoms with E-state index < -0.39 is 0 Å². The van der Waals surface area contributed by atoms with Gasteiger partial charge in [-0.3, -0.25) is 9.48 Å². The highest BCUT2D eigenvalue weighted by atomic mass is 35.5. The predicted octanol–water partition coefficient (Wildman–Crippen LogP) is 5.10. The van der Waals surface area contributed by atoms with Gasteiger partial charge in [0.2, 0.25) is 0 Å². The molecule has 0 unspecified atom stereocenters. The number of aryl methyl sites for hydroxylation is 1. The van der Waals surface area contributed by atoms with Gasteiger partial charge in [0.05, 0.1) is 10.0 Å². The van der Waals surface area contributed by atoms with Crippen molar-refractivity contribution in [2.45, 2.75) is 4.90 Å². The van der Waals surface area contributed by atoms with Crippen LogP contribution in [0.15, 0.2) is 59.6 Å². The lowest BCUT2D eigenvalue weighted by Gasteiger charge is -2.08. The summed E-state index contributed by atoms with van der Waals surface area (Å²) < 4.78 is 4.81. The summed E-state index contributed by atoms with van der Waals surface area (Å²) in [6, 6.07) is 14.3. The van der Waals surface area contributed by atoms with E-state index in [-0.39, 0.29) is 5.91 Å². The van der Waals surface area contributed by atoms with E-state index in [0.717, 1.165) is 10.6 Å². The normalized spacial score (nSPS) is 10.5. The molecule has 1 aromatic heterocycles. The highest BCUT2D eigenvalue weighted by molar-refractivity contribution is 8.00. The van der Waals surface area contributed by atoms with E-state index in [1.54, 1.807) is 48.3 Å². The number of nitrogens with one attached hydrogen (secondary N) is 2. The third-order valence-corrected chi connectivity index (χ3v) is 4.82. The van der Waals surface area contributed by atoms with Gasteiger partial charge in [-0.1, -0.05) is 29.3 Å². The SMILES string of the molecule is Cn1ccc(NC(=O)c2cccc(NSc3ccc(Cl)c(Cl)c3)c2)n1. The van der Waals surface area contributed by atoms with Crippen molar-refractivity contribution in [1.82, 2.24) is 9.78 Å². The molecule has 3 rings (SSSR count). The summed E-state index contributed by atoms with van der Waals surface area (Å²) in [4.78, 5) is 13.2. The summed E-state index contributed by atoms with van der Waals surface area (Å²) in [5.74, 6) is 0.290. The minimum Gasteiger partial charge on any atom is -0.326 e. The van der Waals surface area contributed by atoms with E-state index in [2.05, 4.69) is 15.1 Å². The molecule has 0 radical (unpaired) electrons. The zero-order valence-electron chi connectivity index (χ0n) is 13.2. The molecule has 1 amide bonds. The van der Waals surface area contributed by atoms with Crippen molar-refractivity contribution in [3.05, 3.63) is 70.3 Å². The van der Waals surface area contributed by atoms with Crippen LogP contribution >= 0.6 is 35.1 Å². The van der Waals surface area contributed by atoms with Gasteiger partial charge in [-0.05, 0) is 48.3 Å². The van der Waals surface area contributed by atoms with Crippen LogP contribution < -0.4 is 10.0 Å². The summed E-state index contributed by atoms with van der Waals surface area (Å²) in [5.41, 5.74) is 1.33. The number of hydrogen-bond donors (Lipinski definition) is 2. The van der Waals surface area contributed by atoms with Crippen LogP contribution in [0.3, 0.4) is 0 Å². The Kier molecular flexibility index (Phi) is 5.53. The van der Waals surface area contributed by atoms with E-state index in [1.165, 1.54) is 11.9 Å². The zero-order valence-corrected chi connectivity index (χ0v) is 15.5. The first-order chi connectivity index (χ1) is 12.0. The molecule has 25 heavy (non-hydrogen) atoms. The highest BCUT2D eigenvalue weighted by Crippen LogP contribution is 2.28. The van der Waals surface area contributed by atoms with Crippen LogP contribution in [0.5, 0.6) is 0 Å². The summed E-state index contributed by atoms with van der Waals surface area (Å²) in [6.45, 7) is 0. The van der Waals surface area contributed by atoms with Crippen LogP contribution in [0.25, 0.3) is 0 Å². The van der Waals surface area contributed by atoms with Gasteiger partial charge in [0.1, 0.15) is 0 Å². The largest absolute Gasteiger partial charge is 0.326 e. The van der Waals surface area contributed by atoms with E-state index >= 15 is 0 Å². The van der Waals surface area contributed by atoms with Crippen molar-refractivity contribution in [2.24, 2.45) is 7.05 Å². The number of amides is 1. The molecule has 128 valence electrons. The van der Waals surface area contributed by atoms with Crippen molar-refractivity contribution in [3.8, 4) is 0 Å². The van der Waals surface area contributed by atoms with Gasteiger partial charge in [-0.2, -0.15) is 5.10 Å². The number of anilines is 2. The summed E-state index contributed by atoms with van der Waals surface area (Å²) >= 11 is 13.3. The molecule has 2 aromatic carbocycles. The fourth-order valence-electron chi connectivity index (χ4n) is 2.05. The molecule has 0 atom stereocenters. The van der Waals surface area contributed by atoms with Gasteiger partial charge in [0, 0.05) is 35.5 Å². The first kappa shape index (κ1) is 17.7. The Balaban J connectivity index is 1.66. The molecular formula is C17H14Cl2N4OS. The fraction of sp³-hybridized carbons (Fsp3) is 0.0588. The maximum atomic E-state index is 12.3. The molecule has 0 fully saturated rings. The molecule has 0 saturated heterocycles. The lowest BCUT2D eigenvalue weighted by molar-refractivity contribution is 0.102. The van der Waals surface area contributed by atoms with Crippen LogP contribution in [-0.2, 0) is 7.05 Å². The minimum absolute atomic E-state index is 0.220. The number of hydrogen-bond acceptors (Lipinski definition) is 4. The molecule has 0 spiro atoms. The van der Waals surface area contributed by atoms with Gasteiger partial charge in [-0.15, -0.1) is 0 Å². The minimum atomic E-state index is -0.220. The standard InChI is InChI=1S/C17H14Cl2N4OS/c1-23-8-7-16(21-23)20-17(24)11-3-2-4-12(9-11)22-25-13-5-6-14(18)15(19)10-13/h2-10,22H,1H3,(H,20,21,24). The van der Waals surface area contributed by atoms with Crippen LogP contribution in [0, 0.1) is 0 Å². The number of carbonyl (C=O) groups excluding carboxylic acids is 1. The highest BCUT2D eigenvalue weighted by Gasteiger charge is 2.08. The Hall–Kier alpha value is -2.15. The molecule has 0 bridgehead atoms. The average Bonchev–Trinajstić information content (AvgIpc) is 3.01. The van der Waals surface area contributed by atoms with Gasteiger partial charge < -0.3 is 10.0 Å². The van der Waals surface area contributed by atoms with Crippen molar-refractivity contribution < 1.29 is 4.79 Å². The summed E-state index contributed by atoms with van der Waals surface area (Å²) in [5, 5.41) is 7.90. The number of nitrogens with zero attached hydrogens (tertiary/aromatic N) is 2. The Morgan fingerprint density at radius 1 is 1.12 bits per heavy atom.